The molecule has 0 aliphatic carbocycles. The van der Waals surface area contributed by atoms with Gasteiger partial charge in [0, 0.05) is 31.4 Å². The van der Waals surface area contributed by atoms with Crippen LogP contribution in [0.15, 0.2) is 0 Å². The monoisotopic (exact) mass is 249 g/mol. The molecule has 13 heavy (non-hydrogen) atoms. The van der Waals surface area contributed by atoms with E-state index in [9.17, 15) is 4.79 Å². The van der Waals surface area contributed by atoms with E-state index in [-0.39, 0.29) is 5.91 Å². The van der Waals surface area contributed by atoms with E-state index < -0.39 is 0 Å². The van der Waals surface area contributed by atoms with Gasteiger partial charge in [-0.2, -0.15) is 0 Å². The minimum Gasteiger partial charge on any atom is -0.380 e. The summed E-state index contributed by atoms with van der Waals surface area (Å²) in [4.78, 5) is 13.3. The second-order valence-electron chi connectivity index (χ2n) is 3.26. The van der Waals surface area contributed by atoms with Gasteiger partial charge in [0.15, 0.2) is 0 Å². The lowest BCUT2D eigenvalue weighted by atomic mass is 10.2. The highest BCUT2D eigenvalue weighted by Gasteiger charge is 2.27. The smallest absolute Gasteiger partial charge is 0.223 e. The highest BCUT2D eigenvalue weighted by Crippen LogP contribution is 2.18. The molecule has 76 valence electrons. The van der Waals surface area contributed by atoms with Crippen molar-refractivity contribution < 1.29 is 9.53 Å². The molecular weight excluding hydrogens is 234 g/mol. The molecule has 4 heteroatoms. The van der Waals surface area contributed by atoms with Crippen LogP contribution in [0.4, 0.5) is 0 Å². The fourth-order valence-corrected chi connectivity index (χ4v) is 1.93. The van der Waals surface area contributed by atoms with Crippen molar-refractivity contribution >= 4 is 21.8 Å². The molecule has 1 fully saturated rings. The number of carbonyl (C=O) groups excluding carboxylic acids is 1. The molecule has 0 saturated carbocycles. The average molecular weight is 250 g/mol. The molecule has 1 aliphatic heterocycles. The Bertz CT molecular complexity index is 175. The SMILES string of the molecule is CCOCCN1CC(CBr)CC1=O. The van der Waals surface area contributed by atoms with E-state index in [1.165, 1.54) is 0 Å². The van der Waals surface area contributed by atoms with Gasteiger partial charge in [-0.05, 0) is 12.8 Å². The Morgan fingerprint density at radius 2 is 2.46 bits per heavy atom. The number of hydrogen-bond acceptors (Lipinski definition) is 2. The third-order valence-electron chi connectivity index (χ3n) is 2.22. The first-order chi connectivity index (χ1) is 6.27. The van der Waals surface area contributed by atoms with Crippen molar-refractivity contribution in [2.75, 3.05) is 31.6 Å². The summed E-state index contributed by atoms with van der Waals surface area (Å²) >= 11 is 3.40. The number of halogens is 1. The highest BCUT2D eigenvalue weighted by molar-refractivity contribution is 9.09. The Morgan fingerprint density at radius 3 is 3.00 bits per heavy atom. The summed E-state index contributed by atoms with van der Waals surface area (Å²) < 4.78 is 5.21. The van der Waals surface area contributed by atoms with Crippen molar-refractivity contribution in [3.63, 3.8) is 0 Å². The van der Waals surface area contributed by atoms with Crippen LogP contribution >= 0.6 is 15.9 Å². The molecule has 0 bridgehead atoms. The molecule has 1 amide bonds. The molecule has 0 aromatic rings. The van der Waals surface area contributed by atoms with Crippen LogP contribution in [-0.2, 0) is 9.53 Å². The van der Waals surface area contributed by atoms with Gasteiger partial charge in [-0.3, -0.25) is 4.79 Å². The maximum atomic E-state index is 11.4. The van der Waals surface area contributed by atoms with E-state index in [0.29, 0.717) is 18.9 Å². The summed E-state index contributed by atoms with van der Waals surface area (Å²) in [5.41, 5.74) is 0. The number of amides is 1. The molecule has 1 unspecified atom stereocenters. The molecule has 0 N–H and O–H groups in total. The van der Waals surface area contributed by atoms with Crippen molar-refractivity contribution in [3.05, 3.63) is 0 Å². The van der Waals surface area contributed by atoms with Crippen LogP contribution in [0.2, 0.25) is 0 Å². The lowest BCUT2D eigenvalue weighted by Crippen LogP contribution is -2.29. The number of likely N-dealkylation sites (tertiary alicyclic amines) is 1. The summed E-state index contributed by atoms with van der Waals surface area (Å²) in [6.45, 7) is 4.99. The Balaban J connectivity index is 2.23. The van der Waals surface area contributed by atoms with Gasteiger partial charge in [0.1, 0.15) is 0 Å². The van der Waals surface area contributed by atoms with Crippen LogP contribution in [0.3, 0.4) is 0 Å². The van der Waals surface area contributed by atoms with Gasteiger partial charge in [0.2, 0.25) is 5.91 Å². The molecule has 0 aromatic carbocycles. The summed E-state index contributed by atoms with van der Waals surface area (Å²) in [5.74, 6) is 0.762. The quantitative estimate of drug-likeness (QED) is 0.543. The molecule has 1 aliphatic rings. The first-order valence-electron chi connectivity index (χ1n) is 4.69. The van der Waals surface area contributed by atoms with Gasteiger partial charge in [-0.15, -0.1) is 0 Å². The predicted octanol–water partition coefficient (Wildman–Crippen LogP) is 1.27. The Morgan fingerprint density at radius 1 is 1.69 bits per heavy atom. The third kappa shape index (κ3) is 3.27. The van der Waals surface area contributed by atoms with Gasteiger partial charge >= 0.3 is 0 Å². The minimum absolute atomic E-state index is 0.268. The number of nitrogens with zero attached hydrogens (tertiary/aromatic N) is 1. The van der Waals surface area contributed by atoms with Crippen molar-refractivity contribution in [1.82, 2.24) is 4.90 Å². The Kier molecular flexibility index (Phi) is 4.73. The number of ether oxygens (including phenoxy) is 1. The van der Waals surface area contributed by atoms with Gasteiger partial charge in [0.05, 0.1) is 6.61 Å². The van der Waals surface area contributed by atoms with Gasteiger partial charge in [0.25, 0.3) is 0 Å². The zero-order chi connectivity index (χ0) is 9.68. The topological polar surface area (TPSA) is 29.5 Å². The van der Waals surface area contributed by atoms with Crippen LogP contribution in [0.25, 0.3) is 0 Å². The Labute approximate surface area is 87.6 Å². The van der Waals surface area contributed by atoms with Gasteiger partial charge in [-0.25, -0.2) is 0 Å². The molecule has 1 rings (SSSR count). The molecule has 1 heterocycles. The number of carbonyl (C=O) groups is 1. The first-order valence-corrected chi connectivity index (χ1v) is 5.81. The van der Waals surface area contributed by atoms with Crippen LogP contribution < -0.4 is 0 Å². The first kappa shape index (κ1) is 11.0. The normalized spacial score (nSPS) is 22.8. The van der Waals surface area contributed by atoms with E-state index in [2.05, 4.69) is 15.9 Å². The number of rotatable bonds is 5. The molecule has 3 nitrogen and oxygen atoms in total. The van der Waals surface area contributed by atoms with E-state index in [0.717, 1.165) is 25.0 Å². The highest BCUT2D eigenvalue weighted by atomic mass is 79.9. The van der Waals surface area contributed by atoms with Crippen molar-refractivity contribution in [2.24, 2.45) is 5.92 Å². The summed E-state index contributed by atoms with van der Waals surface area (Å²) in [6, 6.07) is 0. The van der Waals surface area contributed by atoms with E-state index >= 15 is 0 Å². The molecule has 0 radical (unpaired) electrons. The molecule has 1 saturated heterocycles. The molecule has 1 atom stereocenters. The van der Waals surface area contributed by atoms with Crippen LogP contribution in [0.1, 0.15) is 13.3 Å². The van der Waals surface area contributed by atoms with Crippen LogP contribution in [0, 0.1) is 5.92 Å². The molecular formula is C9H16BrNO2. The fourth-order valence-electron chi connectivity index (χ4n) is 1.49. The molecule has 0 spiro atoms. The Hall–Kier alpha value is -0.0900. The van der Waals surface area contributed by atoms with Crippen molar-refractivity contribution in [3.8, 4) is 0 Å². The van der Waals surface area contributed by atoms with Gasteiger partial charge in [-0.1, -0.05) is 15.9 Å². The number of hydrogen-bond donors (Lipinski definition) is 0. The second-order valence-corrected chi connectivity index (χ2v) is 3.91. The van der Waals surface area contributed by atoms with Crippen LogP contribution in [0.5, 0.6) is 0 Å². The zero-order valence-electron chi connectivity index (χ0n) is 7.96. The van der Waals surface area contributed by atoms with E-state index in [1.54, 1.807) is 0 Å². The standard InChI is InChI=1S/C9H16BrNO2/c1-2-13-4-3-11-7-8(6-10)5-9(11)12/h8H,2-7H2,1H3. The lowest BCUT2D eigenvalue weighted by Gasteiger charge is -2.15. The maximum Gasteiger partial charge on any atom is 0.223 e. The third-order valence-corrected chi connectivity index (χ3v) is 3.14. The summed E-state index contributed by atoms with van der Waals surface area (Å²) in [6.07, 6.45) is 0.692. The van der Waals surface area contributed by atoms with Crippen molar-refractivity contribution in [2.45, 2.75) is 13.3 Å². The maximum absolute atomic E-state index is 11.4. The summed E-state index contributed by atoms with van der Waals surface area (Å²) in [7, 11) is 0. The zero-order valence-corrected chi connectivity index (χ0v) is 9.55. The van der Waals surface area contributed by atoms with Crippen LogP contribution in [-0.4, -0.2) is 42.4 Å². The van der Waals surface area contributed by atoms with Crippen molar-refractivity contribution in [1.29, 1.82) is 0 Å². The minimum atomic E-state index is 0.268. The average Bonchev–Trinajstić information content (AvgIpc) is 2.48. The molecule has 0 aromatic heterocycles. The number of alkyl halides is 1. The van der Waals surface area contributed by atoms with Gasteiger partial charge < -0.3 is 9.64 Å². The summed E-state index contributed by atoms with van der Waals surface area (Å²) in [5, 5.41) is 0.921. The van der Waals surface area contributed by atoms with E-state index in [1.807, 2.05) is 11.8 Å². The predicted molar refractivity (Wildman–Crippen MR) is 55.0 cm³/mol. The largest absolute Gasteiger partial charge is 0.380 e. The second kappa shape index (κ2) is 5.60. The fraction of sp³-hybridized carbons (Fsp3) is 0.889. The lowest BCUT2D eigenvalue weighted by molar-refractivity contribution is -0.128. The van der Waals surface area contributed by atoms with E-state index in [4.69, 9.17) is 4.74 Å².